The van der Waals surface area contributed by atoms with Crippen LogP contribution in [0.25, 0.3) is 10.9 Å². The quantitative estimate of drug-likeness (QED) is 0.484. The first-order valence-corrected chi connectivity index (χ1v) is 12.6. The summed E-state index contributed by atoms with van der Waals surface area (Å²) < 4.78 is 45.6. The Labute approximate surface area is 226 Å². The Morgan fingerprint density at radius 1 is 1.00 bits per heavy atom. The molecule has 2 aliphatic rings. The molecule has 2 aliphatic heterocycles. The van der Waals surface area contributed by atoms with Gasteiger partial charge in [-0.2, -0.15) is 13.2 Å². The number of aromatic nitrogens is 2. The Balaban J connectivity index is 1.36. The second kappa shape index (κ2) is 10.6. The maximum absolute atomic E-state index is 13.6. The Bertz CT molecular complexity index is 1400. The van der Waals surface area contributed by atoms with Crippen LogP contribution in [-0.2, 0) is 10.9 Å². The number of methoxy groups -OCH3 is 1. The molecule has 3 heterocycles. The summed E-state index contributed by atoms with van der Waals surface area (Å²) in [6.45, 7) is 2.09. The highest BCUT2D eigenvalue weighted by Crippen LogP contribution is 2.34. The van der Waals surface area contributed by atoms with E-state index in [1.807, 2.05) is 4.90 Å². The van der Waals surface area contributed by atoms with Gasteiger partial charge in [-0.15, -0.1) is 0 Å². The summed E-state index contributed by atoms with van der Waals surface area (Å²) in [6.07, 6.45) is -5.65. The molecule has 0 unspecified atom stereocenters. The van der Waals surface area contributed by atoms with Crippen molar-refractivity contribution in [2.24, 2.45) is 0 Å². The first-order valence-electron chi connectivity index (χ1n) is 12.2. The van der Waals surface area contributed by atoms with Crippen molar-refractivity contribution in [3.05, 3.63) is 64.4 Å². The third-order valence-corrected chi connectivity index (χ3v) is 7.32. The van der Waals surface area contributed by atoms with Crippen LogP contribution in [0.2, 0.25) is 5.02 Å². The van der Waals surface area contributed by atoms with Crippen LogP contribution in [0, 0.1) is 0 Å². The number of fused-ring (bicyclic) bond motifs is 1. The molecule has 0 saturated carbocycles. The van der Waals surface area contributed by atoms with E-state index in [4.69, 9.17) is 16.3 Å². The molecule has 1 N–H and O–H groups in total. The molecule has 2 atom stereocenters. The molecule has 0 bridgehead atoms. The van der Waals surface area contributed by atoms with Crippen molar-refractivity contribution in [3.63, 3.8) is 0 Å². The molecule has 9 nitrogen and oxygen atoms in total. The maximum atomic E-state index is 13.6. The predicted molar refractivity (Wildman–Crippen MR) is 137 cm³/mol. The third-order valence-electron chi connectivity index (χ3n) is 7.07. The van der Waals surface area contributed by atoms with Crippen LogP contribution in [0.3, 0.4) is 0 Å². The number of piperazine rings is 1. The fraction of sp³-hybridized carbons (Fsp3) is 0.385. The summed E-state index contributed by atoms with van der Waals surface area (Å²) in [6, 6.07) is 10.3. The van der Waals surface area contributed by atoms with E-state index in [1.54, 1.807) is 34.1 Å². The van der Waals surface area contributed by atoms with Crippen molar-refractivity contribution in [1.82, 2.24) is 19.8 Å². The SMILES string of the molecule is COC(=O)c1ccc2nc(C(F)(F)F)nc(N3C[C@H](O)[C@@H](N4CCN(C(=O)c5ccc(Cl)cc5)CC4)C3)c2c1. The van der Waals surface area contributed by atoms with E-state index in [2.05, 4.69) is 9.97 Å². The number of halogens is 4. The van der Waals surface area contributed by atoms with Crippen LogP contribution in [0.15, 0.2) is 42.5 Å². The van der Waals surface area contributed by atoms with Gasteiger partial charge in [0.2, 0.25) is 5.82 Å². The molecule has 1 aromatic heterocycles. The fourth-order valence-electron chi connectivity index (χ4n) is 5.06. The summed E-state index contributed by atoms with van der Waals surface area (Å²) >= 11 is 5.91. The zero-order valence-corrected chi connectivity index (χ0v) is 21.6. The van der Waals surface area contributed by atoms with Gasteiger partial charge in [0, 0.05) is 55.2 Å². The number of carbonyl (C=O) groups excluding carboxylic acids is 2. The molecule has 5 rings (SSSR count). The Hall–Kier alpha value is -3.48. The van der Waals surface area contributed by atoms with E-state index >= 15 is 0 Å². The molecular weight excluding hydrogens is 539 g/mol. The number of carbonyl (C=O) groups is 2. The summed E-state index contributed by atoms with van der Waals surface area (Å²) in [5, 5.41) is 11.7. The number of aliphatic hydroxyl groups is 1. The molecule has 0 aliphatic carbocycles. The van der Waals surface area contributed by atoms with Crippen LogP contribution >= 0.6 is 11.6 Å². The van der Waals surface area contributed by atoms with Gasteiger partial charge in [0.15, 0.2) is 0 Å². The molecule has 206 valence electrons. The van der Waals surface area contributed by atoms with Gasteiger partial charge in [-0.05, 0) is 42.5 Å². The second-order valence-corrected chi connectivity index (χ2v) is 9.90. The Morgan fingerprint density at radius 3 is 2.31 bits per heavy atom. The first-order chi connectivity index (χ1) is 18.5. The largest absolute Gasteiger partial charge is 0.465 e. The number of alkyl halides is 3. The van der Waals surface area contributed by atoms with E-state index in [9.17, 15) is 27.9 Å². The minimum absolute atomic E-state index is 0.0174. The maximum Gasteiger partial charge on any atom is 0.451 e. The number of aliphatic hydroxyl groups excluding tert-OH is 1. The molecule has 13 heteroatoms. The standard InChI is InChI=1S/C26H25ClF3N5O4/c1-39-24(38)16-4-7-19-18(12-16)22(32-25(31-19)26(28,29)30)35-13-20(21(36)14-35)33-8-10-34(11-9-33)23(37)15-2-5-17(27)6-3-15/h2-7,12,20-21,36H,8-11,13-14H2,1H3/t20-,21-/m0/s1. The number of ether oxygens (including phenoxy) is 1. The van der Waals surface area contributed by atoms with Crippen LogP contribution in [0.5, 0.6) is 0 Å². The number of amides is 1. The van der Waals surface area contributed by atoms with Crippen molar-refractivity contribution < 1.29 is 32.6 Å². The van der Waals surface area contributed by atoms with Crippen LogP contribution in [-0.4, -0.2) is 95.3 Å². The van der Waals surface area contributed by atoms with Gasteiger partial charge in [-0.25, -0.2) is 14.8 Å². The summed E-state index contributed by atoms with van der Waals surface area (Å²) in [4.78, 5) is 37.7. The molecule has 3 aromatic rings. The lowest BCUT2D eigenvalue weighted by molar-refractivity contribution is -0.144. The molecule has 2 saturated heterocycles. The van der Waals surface area contributed by atoms with Crippen molar-refractivity contribution in [3.8, 4) is 0 Å². The van der Waals surface area contributed by atoms with E-state index < -0.39 is 24.1 Å². The van der Waals surface area contributed by atoms with Crippen molar-refractivity contribution in [1.29, 1.82) is 0 Å². The highest BCUT2D eigenvalue weighted by Gasteiger charge is 2.41. The molecule has 1 amide bonds. The van der Waals surface area contributed by atoms with E-state index in [0.29, 0.717) is 36.8 Å². The lowest BCUT2D eigenvalue weighted by Crippen LogP contribution is -2.54. The van der Waals surface area contributed by atoms with Crippen molar-refractivity contribution >= 4 is 40.2 Å². The lowest BCUT2D eigenvalue weighted by Gasteiger charge is -2.38. The second-order valence-electron chi connectivity index (χ2n) is 9.47. The first kappa shape index (κ1) is 27.1. The fourth-order valence-corrected chi connectivity index (χ4v) is 5.18. The summed E-state index contributed by atoms with van der Waals surface area (Å²) in [7, 11) is 1.21. The van der Waals surface area contributed by atoms with Crippen molar-refractivity contribution in [2.45, 2.75) is 18.3 Å². The minimum atomic E-state index is -4.78. The van der Waals surface area contributed by atoms with Gasteiger partial charge in [0.05, 0.1) is 30.3 Å². The number of hydrogen-bond acceptors (Lipinski definition) is 8. The van der Waals surface area contributed by atoms with Gasteiger partial charge in [-0.1, -0.05) is 11.6 Å². The Kier molecular flexibility index (Phi) is 7.36. The highest BCUT2D eigenvalue weighted by molar-refractivity contribution is 6.30. The molecule has 2 fully saturated rings. The van der Waals surface area contributed by atoms with Gasteiger partial charge in [-0.3, -0.25) is 9.69 Å². The van der Waals surface area contributed by atoms with E-state index in [1.165, 1.54) is 25.3 Å². The van der Waals surface area contributed by atoms with Crippen molar-refractivity contribution in [2.75, 3.05) is 51.3 Å². The van der Waals surface area contributed by atoms with E-state index in [-0.39, 0.29) is 47.3 Å². The zero-order valence-electron chi connectivity index (χ0n) is 20.9. The van der Waals surface area contributed by atoms with Gasteiger partial charge in [0.25, 0.3) is 5.91 Å². The minimum Gasteiger partial charge on any atom is -0.465 e. The lowest BCUT2D eigenvalue weighted by atomic mass is 10.1. The Morgan fingerprint density at radius 2 is 1.67 bits per heavy atom. The average molecular weight is 564 g/mol. The van der Waals surface area contributed by atoms with Gasteiger partial charge >= 0.3 is 12.1 Å². The monoisotopic (exact) mass is 563 g/mol. The molecule has 0 radical (unpaired) electrons. The number of hydrogen-bond donors (Lipinski definition) is 1. The molecule has 39 heavy (non-hydrogen) atoms. The summed E-state index contributed by atoms with van der Waals surface area (Å²) in [5.74, 6) is -2.08. The number of esters is 1. The zero-order chi connectivity index (χ0) is 27.9. The number of anilines is 1. The van der Waals surface area contributed by atoms with Crippen LogP contribution in [0.4, 0.5) is 19.0 Å². The smallest absolute Gasteiger partial charge is 0.451 e. The third kappa shape index (κ3) is 5.49. The van der Waals surface area contributed by atoms with Gasteiger partial charge < -0.3 is 19.6 Å². The molecule has 2 aromatic carbocycles. The van der Waals surface area contributed by atoms with Crippen LogP contribution in [0.1, 0.15) is 26.5 Å². The molecular formula is C26H25ClF3N5O4. The predicted octanol–water partition coefficient (Wildman–Crippen LogP) is 3.10. The van der Waals surface area contributed by atoms with E-state index in [0.717, 1.165) is 0 Å². The number of benzene rings is 2. The molecule has 0 spiro atoms. The number of rotatable bonds is 4. The average Bonchev–Trinajstić information content (AvgIpc) is 3.32. The number of nitrogens with zero attached hydrogens (tertiary/aromatic N) is 5. The summed E-state index contributed by atoms with van der Waals surface area (Å²) in [5.41, 5.74) is 0.696. The van der Waals surface area contributed by atoms with Crippen LogP contribution < -0.4 is 4.90 Å². The van der Waals surface area contributed by atoms with Gasteiger partial charge in [0.1, 0.15) is 5.82 Å². The highest BCUT2D eigenvalue weighted by atomic mass is 35.5. The number of β-amino-alcohol motifs (C(OH)–C–C–N with tert-alkyl or cyclic N) is 1. The topological polar surface area (TPSA) is 99.1 Å². The normalized spacial score (nSPS) is 20.5.